The van der Waals surface area contributed by atoms with Crippen LogP contribution in [0.25, 0.3) is 0 Å². The van der Waals surface area contributed by atoms with E-state index in [2.05, 4.69) is 20.8 Å². The Hall–Kier alpha value is -0.570. The molecule has 3 unspecified atom stereocenters. The van der Waals surface area contributed by atoms with Crippen LogP contribution >= 0.6 is 0 Å². The average molecular weight is 197 g/mol. The van der Waals surface area contributed by atoms with Gasteiger partial charge in [-0.2, -0.15) is 0 Å². The van der Waals surface area contributed by atoms with Crippen molar-refractivity contribution < 1.29 is 9.90 Å². The normalized spacial score (nSPS) is 36.1. The summed E-state index contributed by atoms with van der Waals surface area (Å²) in [6.45, 7) is 8.34. The van der Waals surface area contributed by atoms with Gasteiger partial charge in [-0.25, -0.2) is 0 Å². The van der Waals surface area contributed by atoms with Gasteiger partial charge < -0.3 is 10.0 Å². The van der Waals surface area contributed by atoms with Gasteiger partial charge in [0.2, 0.25) is 5.91 Å². The fourth-order valence-corrected chi connectivity index (χ4v) is 2.58. The van der Waals surface area contributed by atoms with Crippen LogP contribution in [0.3, 0.4) is 0 Å². The first kappa shape index (κ1) is 9.97. The van der Waals surface area contributed by atoms with Crippen molar-refractivity contribution in [2.45, 2.75) is 20.8 Å². The molecule has 1 N–H and O–H groups in total. The lowest BCUT2D eigenvalue weighted by molar-refractivity contribution is -0.132. The van der Waals surface area contributed by atoms with Crippen LogP contribution in [0.1, 0.15) is 20.8 Å². The third-order valence-corrected chi connectivity index (χ3v) is 3.24. The van der Waals surface area contributed by atoms with Crippen LogP contribution in [0.4, 0.5) is 0 Å². The molecule has 2 rings (SSSR count). The Morgan fingerprint density at radius 2 is 2.14 bits per heavy atom. The summed E-state index contributed by atoms with van der Waals surface area (Å²) in [5.74, 6) is 1.15. The highest BCUT2D eigenvalue weighted by atomic mass is 16.3. The molecule has 0 aromatic rings. The fraction of sp³-hybridized carbons (Fsp3) is 0.909. The van der Waals surface area contributed by atoms with Crippen molar-refractivity contribution in [2.75, 3.05) is 19.7 Å². The van der Waals surface area contributed by atoms with Crippen LogP contribution in [0.15, 0.2) is 0 Å². The summed E-state index contributed by atoms with van der Waals surface area (Å²) in [4.78, 5) is 13.8. The number of carbonyl (C=O) groups excluding carboxylic acids is 1. The van der Waals surface area contributed by atoms with E-state index in [1.54, 1.807) is 0 Å². The number of amides is 1. The molecule has 14 heavy (non-hydrogen) atoms. The number of fused-ring (bicyclic) bond motifs is 1. The molecule has 1 saturated carbocycles. The smallest absolute Gasteiger partial charge is 0.226 e. The SMILES string of the molecule is CC(C)(C)CN1CC2C(CO)C2C1=O. The Balaban J connectivity index is 1.93. The van der Waals surface area contributed by atoms with Gasteiger partial charge >= 0.3 is 0 Å². The highest BCUT2D eigenvalue weighted by Crippen LogP contribution is 2.52. The number of carbonyl (C=O) groups is 1. The van der Waals surface area contributed by atoms with E-state index in [9.17, 15) is 4.79 Å². The predicted molar refractivity (Wildman–Crippen MR) is 53.6 cm³/mol. The van der Waals surface area contributed by atoms with Gasteiger partial charge in [-0.05, 0) is 17.3 Å². The molecular formula is C11H19NO2. The van der Waals surface area contributed by atoms with Crippen LogP contribution in [-0.4, -0.2) is 35.6 Å². The van der Waals surface area contributed by atoms with E-state index in [1.165, 1.54) is 0 Å². The Bertz CT molecular complexity index is 257. The Morgan fingerprint density at radius 3 is 2.50 bits per heavy atom. The second kappa shape index (κ2) is 2.96. The van der Waals surface area contributed by atoms with E-state index in [0.29, 0.717) is 5.92 Å². The first-order valence-corrected chi connectivity index (χ1v) is 5.34. The van der Waals surface area contributed by atoms with Gasteiger partial charge in [-0.15, -0.1) is 0 Å². The molecule has 1 heterocycles. The number of rotatable bonds is 2. The Kier molecular flexibility index (Phi) is 2.11. The van der Waals surface area contributed by atoms with Gasteiger partial charge in [0, 0.05) is 25.6 Å². The van der Waals surface area contributed by atoms with Crippen LogP contribution in [0, 0.1) is 23.2 Å². The number of hydrogen-bond donors (Lipinski definition) is 1. The summed E-state index contributed by atoms with van der Waals surface area (Å²) in [7, 11) is 0. The monoisotopic (exact) mass is 197 g/mol. The van der Waals surface area contributed by atoms with Crippen molar-refractivity contribution in [1.29, 1.82) is 0 Å². The highest BCUT2D eigenvalue weighted by molar-refractivity contribution is 5.85. The van der Waals surface area contributed by atoms with E-state index in [1.807, 2.05) is 4.90 Å². The number of nitrogens with zero attached hydrogens (tertiary/aromatic N) is 1. The molecule has 3 nitrogen and oxygen atoms in total. The number of aliphatic hydroxyl groups excluding tert-OH is 1. The molecule has 1 aliphatic carbocycles. The van der Waals surface area contributed by atoms with Gasteiger partial charge in [0.1, 0.15) is 0 Å². The molecule has 2 aliphatic rings. The van der Waals surface area contributed by atoms with Crippen LogP contribution in [0.5, 0.6) is 0 Å². The highest BCUT2D eigenvalue weighted by Gasteiger charge is 2.61. The molecule has 0 spiro atoms. The molecule has 1 aliphatic heterocycles. The molecule has 1 saturated heterocycles. The van der Waals surface area contributed by atoms with E-state index < -0.39 is 0 Å². The maximum atomic E-state index is 11.8. The van der Waals surface area contributed by atoms with Crippen molar-refractivity contribution in [2.24, 2.45) is 23.2 Å². The van der Waals surface area contributed by atoms with Gasteiger partial charge in [0.25, 0.3) is 0 Å². The largest absolute Gasteiger partial charge is 0.396 e. The van der Waals surface area contributed by atoms with E-state index in [-0.39, 0.29) is 29.8 Å². The number of piperidine rings is 1. The molecule has 0 aromatic heterocycles. The van der Waals surface area contributed by atoms with Gasteiger partial charge in [0.05, 0.1) is 0 Å². The zero-order valence-corrected chi connectivity index (χ0v) is 9.16. The minimum Gasteiger partial charge on any atom is -0.396 e. The van der Waals surface area contributed by atoms with E-state index >= 15 is 0 Å². The van der Waals surface area contributed by atoms with E-state index in [4.69, 9.17) is 5.11 Å². The van der Waals surface area contributed by atoms with Crippen molar-refractivity contribution in [3.8, 4) is 0 Å². The summed E-state index contributed by atoms with van der Waals surface area (Å²) in [5, 5.41) is 8.98. The number of likely N-dealkylation sites (tertiary alicyclic amines) is 1. The minimum absolute atomic E-state index is 0.155. The summed E-state index contributed by atoms with van der Waals surface area (Å²) in [6.07, 6.45) is 0. The molecule has 80 valence electrons. The Morgan fingerprint density at radius 1 is 1.50 bits per heavy atom. The predicted octanol–water partition coefficient (Wildman–Crippen LogP) is 0.729. The topological polar surface area (TPSA) is 40.5 Å². The molecule has 3 atom stereocenters. The second-order valence-corrected chi connectivity index (χ2v) is 5.82. The number of hydrogen-bond acceptors (Lipinski definition) is 2. The van der Waals surface area contributed by atoms with Crippen LogP contribution in [-0.2, 0) is 4.79 Å². The molecule has 1 amide bonds. The van der Waals surface area contributed by atoms with Crippen molar-refractivity contribution in [3.63, 3.8) is 0 Å². The fourth-order valence-electron chi connectivity index (χ4n) is 2.58. The lowest BCUT2D eigenvalue weighted by Gasteiger charge is -2.28. The van der Waals surface area contributed by atoms with Crippen LogP contribution < -0.4 is 0 Å². The molecule has 2 fully saturated rings. The zero-order chi connectivity index (χ0) is 10.5. The minimum atomic E-state index is 0.155. The van der Waals surface area contributed by atoms with Crippen molar-refractivity contribution >= 4 is 5.91 Å². The summed E-state index contributed by atoms with van der Waals surface area (Å²) in [6, 6.07) is 0. The molecular weight excluding hydrogens is 178 g/mol. The maximum absolute atomic E-state index is 11.8. The molecule has 0 aromatic carbocycles. The van der Waals surface area contributed by atoms with Gasteiger partial charge in [-0.3, -0.25) is 4.79 Å². The Labute approximate surface area is 85.1 Å². The third-order valence-electron chi connectivity index (χ3n) is 3.24. The molecule has 0 bridgehead atoms. The summed E-state index contributed by atoms with van der Waals surface area (Å²) >= 11 is 0. The lowest BCUT2D eigenvalue weighted by atomic mass is 9.96. The third kappa shape index (κ3) is 1.54. The summed E-state index contributed by atoms with van der Waals surface area (Å²) < 4.78 is 0. The van der Waals surface area contributed by atoms with Crippen molar-refractivity contribution in [1.82, 2.24) is 4.90 Å². The quantitative estimate of drug-likeness (QED) is 0.709. The number of aliphatic hydroxyl groups is 1. The lowest BCUT2D eigenvalue weighted by Crippen LogP contribution is -2.37. The average Bonchev–Trinajstić information content (AvgIpc) is 2.64. The van der Waals surface area contributed by atoms with Crippen molar-refractivity contribution in [3.05, 3.63) is 0 Å². The maximum Gasteiger partial charge on any atom is 0.226 e. The molecule has 0 radical (unpaired) electrons. The van der Waals surface area contributed by atoms with Gasteiger partial charge in [-0.1, -0.05) is 20.8 Å². The van der Waals surface area contributed by atoms with Crippen LogP contribution in [0.2, 0.25) is 0 Å². The first-order chi connectivity index (χ1) is 6.44. The standard InChI is InChI=1S/C11H19NO2/c1-11(2,3)6-12-4-7-8(5-13)9(7)10(12)14/h7-9,13H,4-6H2,1-3H3. The second-order valence-electron chi connectivity index (χ2n) is 5.82. The first-order valence-electron chi connectivity index (χ1n) is 5.34. The van der Waals surface area contributed by atoms with E-state index in [0.717, 1.165) is 13.1 Å². The zero-order valence-electron chi connectivity index (χ0n) is 9.16. The summed E-state index contributed by atoms with van der Waals surface area (Å²) in [5.41, 5.74) is 0.182. The molecule has 3 heteroatoms. The van der Waals surface area contributed by atoms with Gasteiger partial charge in [0.15, 0.2) is 0 Å².